The van der Waals surface area contributed by atoms with Gasteiger partial charge in [0.1, 0.15) is 5.69 Å². The molecular formula is C11H13N3O4. The first-order valence-corrected chi connectivity index (χ1v) is 5.52. The number of rotatable bonds is 1. The van der Waals surface area contributed by atoms with Crippen molar-refractivity contribution in [1.29, 1.82) is 0 Å². The minimum absolute atomic E-state index is 0.113. The Morgan fingerprint density at radius 2 is 1.89 bits per heavy atom. The van der Waals surface area contributed by atoms with Gasteiger partial charge < -0.3 is 15.7 Å². The van der Waals surface area contributed by atoms with Crippen LogP contribution in [0, 0.1) is 10.1 Å². The minimum atomic E-state index is -0.967. The van der Waals surface area contributed by atoms with Gasteiger partial charge in [-0.2, -0.15) is 0 Å². The minimum Gasteiger partial charge on any atom is -0.465 e. The Labute approximate surface area is 103 Å². The number of amides is 1. The summed E-state index contributed by atoms with van der Waals surface area (Å²) in [5, 5.41) is 19.7. The van der Waals surface area contributed by atoms with Gasteiger partial charge in [0.05, 0.1) is 4.92 Å². The Kier molecular flexibility index (Phi) is 3.05. The van der Waals surface area contributed by atoms with Crippen LogP contribution in [-0.2, 0) is 12.8 Å². The smallest absolute Gasteiger partial charge is 0.407 e. The van der Waals surface area contributed by atoms with E-state index >= 15 is 0 Å². The fourth-order valence-electron chi connectivity index (χ4n) is 2.13. The monoisotopic (exact) mass is 251 g/mol. The predicted octanol–water partition coefficient (Wildman–Crippen LogP) is 1.26. The first kappa shape index (κ1) is 12.2. The molecule has 1 heterocycles. The molecule has 0 fully saturated rings. The van der Waals surface area contributed by atoms with E-state index in [2.05, 4.69) is 0 Å². The molecular weight excluding hydrogens is 238 g/mol. The number of nitrogen functional groups attached to an aromatic ring is 1. The molecule has 0 aromatic heterocycles. The second-order valence-corrected chi connectivity index (χ2v) is 4.21. The van der Waals surface area contributed by atoms with Gasteiger partial charge in [0.25, 0.3) is 5.69 Å². The van der Waals surface area contributed by atoms with E-state index in [4.69, 9.17) is 10.8 Å². The molecule has 1 amide bonds. The zero-order chi connectivity index (χ0) is 13.3. The fourth-order valence-corrected chi connectivity index (χ4v) is 2.13. The molecule has 0 spiro atoms. The van der Waals surface area contributed by atoms with E-state index in [-0.39, 0.29) is 11.4 Å². The van der Waals surface area contributed by atoms with Crippen LogP contribution in [0.2, 0.25) is 0 Å². The van der Waals surface area contributed by atoms with Crippen molar-refractivity contribution in [1.82, 2.24) is 4.90 Å². The van der Waals surface area contributed by atoms with E-state index in [1.807, 2.05) is 0 Å². The molecule has 0 bridgehead atoms. The van der Waals surface area contributed by atoms with Gasteiger partial charge in [0.15, 0.2) is 0 Å². The number of nitro groups is 1. The van der Waals surface area contributed by atoms with Crippen LogP contribution in [0.5, 0.6) is 0 Å². The Hall–Kier alpha value is -2.31. The topological polar surface area (TPSA) is 110 Å². The van der Waals surface area contributed by atoms with Crippen LogP contribution in [0.15, 0.2) is 12.1 Å². The Morgan fingerprint density at radius 1 is 1.33 bits per heavy atom. The molecule has 1 aromatic carbocycles. The Morgan fingerprint density at radius 3 is 2.39 bits per heavy atom. The molecule has 1 aliphatic heterocycles. The SMILES string of the molecule is Nc1cc2c(cc1[N+](=O)[O-])CCN(C(=O)O)CC2. The predicted molar refractivity (Wildman–Crippen MR) is 64.5 cm³/mol. The number of anilines is 1. The van der Waals surface area contributed by atoms with Crippen LogP contribution in [0.3, 0.4) is 0 Å². The molecule has 0 saturated carbocycles. The molecule has 0 radical (unpaired) electrons. The van der Waals surface area contributed by atoms with Gasteiger partial charge in [-0.25, -0.2) is 4.79 Å². The molecule has 18 heavy (non-hydrogen) atoms. The molecule has 7 nitrogen and oxygen atoms in total. The average molecular weight is 251 g/mol. The summed E-state index contributed by atoms with van der Waals surface area (Å²) in [7, 11) is 0. The van der Waals surface area contributed by atoms with Crippen molar-refractivity contribution in [2.45, 2.75) is 12.8 Å². The lowest BCUT2D eigenvalue weighted by Gasteiger charge is -2.14. The summed E-state index contributed by atoms with van der Waals surface area (Å²) in [5.74, 6) is 0. The van der Waals surface area contributed by atoms with Gasteiger partial charge in [0.2, 0.25) is 0 Å². The normalized spacial score (nSPS) is 14.8. The number of nitrogens with two attached hydrogens (primary N) is 1. The van der Waals surface area contributed by atoms with E-state index in [0.717, 1.165) is 11.1 Å². The second-order valence-electron chi connectivity index (χ2n) is 4.21. The van der Waals surface area contributed by atoms with E-state index in [1.165, 1.54) is 11.0 Å². The second kappa shape index (κ2) is 4.52. The third-order valence-electron chi connectivity index (χ3n) is 3.12. The van der Waals surface area contributed by atoms with Gasteiger partial charge in [-0.3, -0.25) is 10.1 Å². The highest BCUT2D eigenvalue weighted by atomic mass is 16.6. The van der Waals surface area contributed by atoms with Gasteiger partial charge in [-0.15, -0.1) is 0 Å². The van der Waals surface area contributed by atoms with Crippen molar-refractivity contribution < 1.29 is 14.8 Å². The van der Waals surface area contributed by atoms with Crippen LogP contribution >= 0.6 is 0 Å². The van der Waals surface area contributed by atoms with E-state index in [0.29, 0.717) is 25.9 Å². The number of fused-ring (bicyclic) bond motifs is 1. The maximum atomic E-state index is 10.9. The zero-order valence-electron chi connectivity index (χ0n) is 9.63. The maximum absolute atomic E-state index is 10.9. The number of carbonyl (C=O) groups is 1. The number of carboxylic acid groups (broad SMARTS) is 1. The van der Waals surface area contributed by atoms with Crippen LogP contribution in [0.1, 0.15) is 11.1 Å². The summed E-state index contributed by atoms with van der Waals surface area (Å²) in [4.78, 5) is 22.5. The summed E-state index contributed by atoms with van der Waals surface area (Å²) < 4.78 is 0. The molecule has 0 saturated heterocycles. The lowest BCUT2D eigenvalue weighted by atomic mass is 10.0. The first-order valence-electron chi connectivity index (χ1n) is 5.52. The van der Waals surface area contributed by atoms with Crippen molar-refractivity contribution in [2.24, 2.45) is 0 Å². The molecule has 3 N–H and O–H groups in total. The van der Waals surface area contributed by atoms with Crippen molar-refractivity contribution in [3.63, 3.8) is 0 Å². The van der Waals surface area contributed by atoms with Crippen molar-refractivity contribution >= 4 is 17.5 Å². The van der Waals surface area contributed by atoms with Crippen LogP contribution < -0.4 is 5.73 Å². The van der Waals surface area contributed by atoms with Crippen molar-refractivity contribution in [3.05, 3.63) is 33.4 Å². The number of hydrogen-bond acceptors (Lipinski definition) is 4. The lowest BCUT2D eigenvalue weighted by molar-refractivity contribution is -0.384. The molecule has 2 rings (SSSR count). The number of hydrogen-bond donors (Lipinski definition) is 2. The highest BCUT2D eigenvalue weighted by Crippen LogP contribution is 2.28. The van der Waals surface area contributed by atoms with Crippen molar-refractivity contribution in [2.75, 3.05) is 18.8 Å². The molecule has 0 atom stereocenters. The summed E-state index contributed by atoms with van der Waals surface area (Å²) in [6, 6.07) is 3.04. The van der Waals surface area contributed by atoms with E-state index in [9.17, 15) is 14.9 Å². The van der Waals surface area contributed by atoms with Crippen molar-refractivity contribution in [3.8, 4) is 0 Å². The molecule has 1 aliphatic rings. The summed E-state index contributed by atoms with van der Waals surface area (Å²) in [6.07, 6.45) is 0.0392. The molecule has 1 aromatic rings. The third-order valence-corrected chi connectivity index (χ3v) is 3.12. The Bertz CT molecular complexity index is 515. The summed E-state index contributed by atoms with van der Waals surface area (Å²) >= 11 is 0. The standard InChI is InChI=1S/C11H13N3O4/c12-9-5-7-1-3-13(11(15)16)4-2-8(7)6-10(9)14(17)18/h5-6H,1-4,12H2,(H,15,16). The van der Waals surface area contributed by atoms with Gasteiger partial charge >= 0.3 is 6.09 Å². The van der Waals surface area contributed by atoms with Gasteiger partial charge in [-0.1, -0.05) is 0 Å². The highest BCUT2D eigenvalue weighted by Gasteiger charge is 2.21. The van der Waals surface area contributed by atoms with Crippen LogP contribution in [0.25, 0.3) is 0 Å². The largest absolute Gasteiger partial charge is 0.465 e. The van der Waals surface area contributed by atoms with Crippen LogP contribution in [0.4, 0.5) is 16.2 Å². The first-order chi connectivity index (χ1) is 8.49. The molecule has 96 valence electrons. The Balaban J connectivity index is 2.33. The average Bonchev–Trinajstić information content (AvgIpc) is 2.49. The van der Waals surface area contributed by atoms with Gasteiger partial charge in [-0.05, 0) is 30.0 Å². The summed E-state index contributed by atoms with van der Waals surface area (Å²) in [6.45, 7) is 0.739. The molecule has 7 heteroatoms. The molecule has 0 aliphatic carbocycles. The highest BCUT2D eigenvalue weighted by molar-refractivity contribution is 5.66. The molecule has 0 unspecified atom stereocenters. The van der Waals surface area contributed by atoms with E-state index in [1.54, 1.807) is 6.07 Å². The van der Waals surface area contributed by atoms with Gasteiger partial charge in [0, 0.05) is 19.2 Å². The van der Waals surface area contributed by atoms with Crippen LogP contribution in [-0.4, -0.2) is 34.1 Å². The van der Waals surface area contributed by atoms with E-state index < -0.39 is 11.0 Å². The number of nitrogens with zero attached hydrogens (tertiary/aromatic N) is 2. The fraction of sp³-hybridized carbons (Fsp3) is 0.364. The number of benzene rings is 1. The summed E-state index contributed by atoms with van der Waals surface area (Å²) in [5.41, 5.74) is 7.33. The number of nitro benzene ring substituents is 1. The zero-order valence-corrected chi connectivity index (χ0v) is 9.63. The third kappa shape index (κ3) is 2.20. The lowest BCUT2D eigenvalue weighted by Crippen LogP contribution is -2.31. The maximum Gasteiger partial charge on any atom is 0.407 e. The quantitative estimate of drug-likeness (QED) is 0.443.